The number of benzene rings is 1. The van der Waals surface area contributed by atoms with Crippen molar-refractivity contribution in [3.63, 3.8) is 0 Å². The molecule has 5 rings (SSSR count). The highest BCUT2D eigenvalue weighted by molar-refractivity contribution is 6.34. The molecule has 0 aliphatic carbocycles. The maximum atomic E-state index is 13.2. The Kier molecular flexibility index (Phi) is 4.26. The zero-order chi connectivity index (χ0) is 19.5. The molecule has 9 heteroatoms. The van der Waals surface area contributed by atoms with Gasteiger partial charge < -0.3 is 9.88 Å². The first-order chi connectivity index (χ1) is 13.4. The predicted octanol–water partition coefficient (Wildman–Crippen LogP) is 3.45. The second kappa shape index (κ2) is 6.57. The van der Waals surface area contributed by atoms with Gasteiger partial charge in [-0.2, -0.15) is 13.2 Å². The van der Waals surface area contributed by atoms with Crippen molar-refractivity contribution < 1.29 is 13.2 Å². The lowest BCUT2D eigenvalue weighted by atomic mass is 10.0. The van der Waals surface area contributed by atoms with Gasteiger partial charge in [-0.3, -0.25) is 4.90 Å². The van der Waals surface area contributed by atoms with Crippen LogP contribution >= 0.6 is 11.6 Å². The van der Waals surface area contributed by atoms with Gasteiger partial charge in [-0.1, -0.05) is 17.7 Å². The van der Waals surface area contributed by atoms with Crippen LogP contribution in [0.15, 0.2) is 24.5 Å². The van der Waals surface area contributed by atoms with Crippen molar-refractivity contribution in [1.29, 1.82) is 0 Å². The molecule has 0 saturated carbocycles. The van der Waals surface area contributed by atoms with Crippen LogP contribution in [0.3, 0.4) is 0 Å². The number of hydrogen-bond acceptors (Lipinski definition) is 4. The zero-order valence-corrected chi connectivity index (χ0v) is 15.8. The highest BCUT2D eigenvalue weighted by Gasteiger charge is 2.36. The fraction of sp³-hybridized carbons (Fsp3) is 0.474. The number of nitrogens with one attached hydrogen (secondary N) is 1. The van der Waals surface area contributed by atoms with Crippen LogP contribution in [0.1, 0.15) is 5.56 Å². The average molecular weight is 410 g/mol. The van der Waals surface area contributed by atoms with Crippen molar-refractivity contribution in [2.24, 2.45) is 11.8 Å². The third-order valence-corrected chi connectivity index (χ3v) is 6.14. The molecule has 0 spiro atoms. The summed E-state index contributed by atoms with van der Waals surface area (Å²) in [5.74, 6) is 1.40. The Morgan fingerprint density at radius 1 is 1.14 bits per heavy atom. The Labute approximate surface area is 164 Å². The zero-order valence-electron chi connectivity index (χ0n) is 15.0. The van der Waals surface area contributed by atoms with Gasteiger partial charge >= 0.3 is 6.18 Å². The van der Waals surface area contributed by atoms with Gasteiger partial charge in [0.2, 0.25) is 0 Å². The second-order valence-corrected chi connectivity index (χ2v) is 8.15. The van der Waals surface area contributed by atoms with E-state index in [-0.39, 0.29) is 10.7 Å². The summed E-state index contributed by atoms with van der Waals surface area (Å²) in [6.45, 7) is 3.91. The number of likely N-dealkylation sites (tertiary alicyclic amines) is 1. The number of alkyl halides is 3. The fourth-order valence-corrected chi connectivity index (χ4v) is 4.94. The molecule has 2 aliphatic rings. The number of hydrogen-bond donors (Lipinski definition) is 1. The van der Waals surface area contributed by atoms with Crippen LogP contribution in [0.25, 0.3) is 21.9 Å². The first kappa shape index (κ1) is 18.1. The molecular formula is C19H19ClF3N5. The highest BCUT2D eigenvalue weighted by Crippen LogP contribution is 2.35. The Bertz CT molecular complexity index is 1040. The standard InChI is InChI=1S/C19H19ClF3N5/c20-18-17-16(25-10-26-18)14-3-11(1-2-15(14)28(17)9-19(21,22)23)6-27-7-12-4-24-5-13(12)8-27/h1-3,10,12-13,24H,4-9H2. The smallest absolute Gasteiger partial charge is 0.327 e. The Hall–Kier alpha value is -1.90. The predicted molar refractivity (Wildman–Crippen MR) is 101 cm³/mol. The van der Waals surface area contributed by atoms with E-state index in [1.807, 2.05) is 12.1 Å². The van der Waals surface area contributed by atoms with E-state index in [2.05, 4.69) is 20.2 Å². The van der Waals surface area contributed by atoms with Gasteiger partial charge in [0, 0.05) is 25.0 Å². The third kappa shape index (κ3) is 3.13. The monoisotopic (exact) mass is 409 g/mol. The minimum atomic E-state index is -4.36. The van der Waals surface area contributed by atoms with Gasteiger partial charge in [-0.15, -0.1) is 0 Å². The minimum absolute atomic E-state index is 0.0341. The summed E-state index contributed by atoms with van der Waals surface area (Å²) in [4.78, 5) is 10.5. The van der Waals surface area contributed by atoms with Gasteiger partial charge in [0.15, 0.2) is 5.15 Å². The number of nitrogens with zero attached hydrogens (tertiary/aromatic N) is 4. The highest BCUT2D eigenvalue weighted by atomic mass is 35.5. The first-order valence-corrected chi connectivity index (χ1v) is 9.68. The summed E-state index contributed by atoms with van der Waals surface area (Å²) < 4.78 is 40.6. The molecule has 4 heterocycles. The van der Waals surface area contributed by atoms with Crippen LogP contribution in [-0.4, -0.2) is 51.8 Å². The molecule has 2 atom stereocenters. The molecule has 0 bridgehead atoms. The topological polar surface area (TPSA) is 46.0 Å². The molecule has 2 saturated heterocycles. The van der Waals surface area contributed by atoms with Gasteiger partial charge in [-0.05, 0) is 42.6 Å². The van der Waals surface area contributed by atoms with Crippen molar-refractivity contribution in [2.45, 2.75) is 19.3 Å². The van der Waals surface area contributed by atoms with Crippen LogP contribution in [0, 0.1) is 11.8 Å². The second-order valence-electron chi connectivity index (χ2n) is 7.79. The van der Waals surface area contributed by atoms with E-state index in [4.69, 9.17) is 11.6 Å². The van der Waals surface area contributed by atoms with E-state index >= 15 is 0 Å². The lowest BCUT2D eigenvalue weighted by Gasteiger charge is -2.17. The molecule has 0 radical (unpaired) electrons. The molecule has 2 unspecified atom stereocenters. The molecule has 5 nitrogen and oxygen atoms in total. The lowest BCUT2D eigenvalue weighted by Crippen LogP contribution is -2.25. The van der Waals surface area contributed by atoms with E-state index in [0.29, 0.717) is 28.3 Å². The summed E-state index contributed by atoms with van der Waals surface area (Å²) in [5.41, 5.74) is 2.24. The van der Waals surface area contributed by atoms with Gasteiger partial charge in [0.1, 0.15) is 23.9 Å². The minimum Gasteiger partial charge on any atom is -0.327 e. The molecule has 3 aromatic rings. The third-order valence-electron chi connectivity index (χ3n) is 5.86. The van der Waals surface area contributed by atoms with E-state index in [0.717, 1.165) is 38.3 Å². The number of fused-ring (bicyclic) bond motifs is 4. The summed E-state index contributed by atoms with van der Waals surface area (Å²) in [6, 6.07) is 5.59. The van der Waals surface area contributed by atoms with Crippen molar-refractivity contribution in [3.05, 3.63) is 35.2 Å². The molecule has 28 heavy (non-hydrogen) atoms. The average Bonchev–Trinajstić information content (AvgIpc) is 3.27. The Morgan fingerprint density at radius 3 is 2.61 bits per heavy atom. The van der Waals surface area contributed by atoms with Crippen LogP contribution in [0.5, 0.6) is 0 Å². The van der Waals surface area contributed by atoms with E-state index in [9.17, 15) is 13.2 Å². The van der Waals surface area contributed by atoms with Crippen LogP contribution in [0.4, 0.5) is 13.2 Å². The van der Waals surface area contributed by atoms with Crippen LogP contribution < -0.4 is 5.32 Å². The van der Waals surface area contributed by atoms with Crippen molar-refractivity contribution in [3.8, 4) is 0 Å². The Balaban J connectivity index is 1.54. The van der Waals surface area contributed by atoms with E-state index in [1.165, 1.54) is 10.9 Å². The van der Waals surface area contributed by atoms with Crippen LogP contribution in [-0.2, 0) is 13.1 Å². The molecule has 2 fully saturated rings. The number of aromatic nitrogens is 3. The molecule has 1 N–H and O–H groups in total. The molecule has 2 aliphatic heterocycles. The lowest BCUT2D eigenvalue weighted by molar-refractivity contribution is -0.139. The Morgan fingerprint density at radius 2 is 1.89 bits per heavy atom. The largest absolute Gasteiger partial charge is 0.406 e. The quantitative estimate of drug-likeness (QED) is 0.673. The SMILES string of the molecule is FC(F)(F)Cn1c2ccc(CN3CC4CNCC4C3)cc2c2ncnc(Cl)c21. The molecule has 148 valence electrons. The maximum Gasteiger partial charge on any atom is 0.406 e. The fourth-order valence-electron chi connectivity index (χ4n) is 4.70. The maximum absolute atomic E-state index is 13.2. The summed E-state index contributed by atoms with van der Waals surface area (Å²) in [5, 5.41) is 4.15. The van der Waals surface area contributed by atoms with Crippen molar-refractivity contribution in [2.75, 3.05) is 26.2 Å². The summed E-state index contributed by atoms with van der Waals surface area (Å²) >= 11 is 6.14. The van der Waals surface area contributed by atoms with Gasteiger partial charge in [0.05, 0.1) is 5.52 Å². The summed E-state index contributed by atoms with van der Waals surface area (Å²) in [7, 11) is 0. The number of rotatable bonds is 3. The molecule has 0 amide bonds. The van der Waals surface area contributed by atoms with Crippen molar-refractivity contribution >= 4 is 33.5 Å². The van der Waals surface area contributed by atoms with E-state index < -0.39 is 12.7 Å². The van der Waals surface area contributed by atoms with Gasteiger partial charge in [-0.25, -0.2) is 9.97 Å². The van der Waals surface area contributed by atoms with Crippen LogP contribution in [0.2, 0.25) is 5.15 Å². The molecule has 1 aromatic carbocycles. The number of halogens is 4. The van der Waals surface area contributed by atoms with Gasteiger partial charge in [0.25, 0.3) is 0 Å². The van der Waals surface area contributed by atoms with E-state index in [1.54, 1.807) is 6.07 Å². The van der Waals surface area contributed by atoms with Crippen molar-refractivity contribution in [1.82, 2.24) is 24.8 Å². The molecule has 2 aromatic heterocycles. The first-order valence-electron chi connectivity index (χ1n) is 9.30. The molecular weight excluding hydrogens is 391 g/mol. The normalized spacial score (nSPS) is 23.1. The summed E-state index contributed by atoms with van der Waals surface area (Å²) in [6.07, 6.45) is -3.07.